The molecular weight excluding hydrogens is 148 g/mol. The molecule has 0 atom stereocenters. The molecule has 0 bridgehead atoms. The standard InChI is InChI=1S/C6H6N2O3/c1-3-7-2-4(6(10)11)5(9)8-3/h2H,1H3,(H,10,11)(H,7,8,9). The summed E-state index contributed by atoms with van der Waals surface area (Å²) in [5.74, 6) is -1.39. The smallest absolute Gasteiger partial charge is 0.342 e. The number of rotatable bonds is 1. The van der Waals surface area contributed by atoms with Gasteiger partial charge in [-0.05, 0) is 6.92 Å². The lowest BCUT2D eigenvalue weighted by atomic mass is 10.3. The average Bonchev–Trinajstić information content (AvgIpc) is 1.85. The third kappa shape index (κ3) is 1.43. The molecule has 0 unspecified atom stereocenters. The van der Waals surface area contributed by atoms with Crippen LogP contribution in [0.25, 0.3) is 0 Å². The van der Waals surface area contributed by atoms with Gasteiger partial charge in [-0.3, -0.25) is 0 Å². The van der Waals surface area contributed by atoms with Crippen LogP contribution >= 0.6 is 0 Å². The molecule has 0 fully saturated rings. The normalized spacial score (nSPS) is 9.55. The van der Waals surface area contributed by atoms with E-state index < -0.39 is 11.8 Å². The largest absolute Gasteiger partial charge is 0.493 e. The first-order valence-electron chi connectivity index (χ1n) is 2.87. The number of nitrogens with zero attached hydrogens (tertiary/aromatic N) is 2. The molecule has 0 aliphatic rings. The fourth-order valence-corrected chi connectivity index (χ4v) is 0.609. The zero-order chi connectivity index (χ0) is 8.43. The van der Waals surface area contributed by atoms with Gasteiger partial charge >= 0.3 is 5.97 Å². The molecule has 1 rings (SSSR count). The van der Waals surface area contributed by atoms with Crippen molar-refractivity contribution in [3.63, 3.8) is 0 Å². The highest BCUT2D eigenvalue weighted by atomic mass is 16.4. The number of aryl methyl sites for hydroxylation is 1. The lowest BCUT2D eigenvalue weighted by molar-refractivity contribution is 0.0692. The molecule has 0 spiro atoms. The van der Waals surface area contributed by atoms with Gasteiger partial charge in [0.25, 0.3) is 0 Å². The maximum absolute atomic E-state index is 10.3. The van der Waals surface area contributed by atoms with Crippen molar-refractivity contribution in [2.24, 2.45) is 0 Å². The highest BCUT2D eigenvalue weighted by Gasteiger charge is 2.10. The molecule has 1 heterocycles. The Morgan fingerprint density at radius 2 is 2.27 bits per heavy atom. The number of carboxylic acids is 1. The topological polar surface area (TPSA) is 83.3 Å². The molecule has 0 aliphatic carbocycles. The van der Waals surface area contributed by atoms with Gasteiger partial charge in [-0.15, -0.1) is 0 Å². The minimum absolute atomic E-state index is 0.282. The molecule has 11 heavy (non-hydrogen) atoms. The van der Waals surface area contributed by atoms with Crippen LogP contribution in [0.15, 0.2) is 6.20 Å². The summed E-state index contributed by atoms with van der Waals surface area (Å²) in [6.07, 6.45) is 1.07. The van der Waals surface area contributed by atoms with Crippen molar-refractivity contribution in [2.45, 2.75) is 6.92 Å². The van der Waals surface area contributed by atoms with E-state index in [9.17, 15) is 4.79 Å². The predicted molar refractivity (Wildman–Crippen MR) is 35.4 cm³/mol. The second-order valence-electron chi connectivity index (χ2n) is 1.96. The summed E-state index contributed by atoms with van der Waals surface area (Å²) in [5.41, 5.74) is -0.282. The summed E-state index contributed by atoms with van der Waals surface area (Å²) in [6.45, 7) is 1.56. The Morgan fingerprint density at radius 1 is 1.64 bits per heavy atom. The number of aromatic carboxylic acids is 1. The molecular formula is C6H6N2O3. The van der Waals surface area contributed by atoms with Gasteiger partial charge in [0.05, 0.1) is 0 Å². The highest BCUT2D eigenvalue weighted by Crippen LogP contribution is 2.10. The summed E-state index contributed by atoms with van der Waals surface area (Å²) in [5, 5.41) is 17.3. The molecule has 5 heteroatoms. The van der Waals surface area contributed by atoms with E-state index in [1.165, 1.54) is 0 Å². The molecule has 2 N–H and O–H groups in total. The quantitative estimate of drug-likeness (QED) is 0.603. The molecule has 1 aromatic heterocycles. The number of carboxylic acid groups (broad SMARTS) is 1. The van der Waals surface area contributed by atoms with Crippen molar-refractivity contribution < 1.29 is 15.0 Å². The fourth-order valence-electron chi connectivity index (χ4n) is 0.609. The summed E-state index contributed by atoms with van der Waals surface area (Å²) in [6, 6.07) is 0. The predicted octanol–water partition coefficient (Wildman–Crippen LogP) is 0.189. The Morgan fingerprint density at radius 3 is 2.73 bits per heavy atom. The van der Waals surface area contributed by atoms with Gasteiger partial charge < -0.3 is 10.2 Å². The van der Waals surface area contributed by atoms with Gasteiger partial charge in [0.1, 0.15) is 11.4 Å². The van der Waals surface area contributed by atoms with Gasteiger partial charge in [0.15, 0.2) is 0 Å². The van der Waals surface area contributed by atoms with Crippen molar-refractivity contribution in [2.75, 3.05) is 0 Å². The first kappa shape index (κ1) is 7.46. The molecule has 0 saturated carbocycles. The third-order valence-corrected chi connectivity index (χ3v) is 1.12. The van der Waals surface area contributed by atoms with E-state index in [2.05, 4.69) is 9.97 Å². The molecule has 58 valence electrons. The van der Waals surface area contributed by atoms with Crippen LogP contribution in [0.1, 0.15) is 16.2 Å². The van der Waals surface area contributed by atoms with Gasteiger partial charge in [-0.1, -0.05) is 0 Å². The van der Waals surface area contributed by atoms with Crippen LogP contribution in [0, 0.1) is 6.92 Å². The zero-order valence-corrected chi connectivity index (χ0v) is 5.77. The molecule has 5 nitrogen and oxygen atoms in total. The molecule has 0 aliphatic heterocycles. The monoisotopic (exact) mass is 154 g/mol. The molecule has 1 aromatic rings. The van der Waals surface area contributed by atoms with Crippen molar-refractivity contribution in [1.82, 2.24) is 9.97 Å². The van der Waals surface area contributed by atoms with E-state index in [0.29, 0.717) is 5.82 Å². The van der Waals surface area contributed by atoms with Crippen LogP contribution in [-0.4, -0.2) is 26.2 Å². The van der Waals surface area contributed by atoms with E-state index in [4.69, 9.17) is 10.2 Å². The van der Waals surface area contributed by atoms with Crippen molar-refractivity contribution >= 4 is 5.97 Å². The number of carbonyl (C=O) groups is 1. The minimum Gasteiger partial charge on any atom is -0.493 e. The van der Waals surface area contributed by atoms with Crippen molar-refractivity contribution in [1.29, 1.82) is 0 Å². The highest BCUT2D eigenvalue weighted by molar-refractivity contribution is 5.89. The first-order valence-corrected chi connectivity index (χ1v) is 2.87. The number of hydrogen-bond donors (Lipinski definition) is 2. The van der Waals surface area contributed by atoms with Crippen LogP contribution in [-0.2, 0) is 0 Å². The van der Waals surface area contributed by atoms with E-state index >= 15 is 0 Å². The number of aromatic nitrogens is 2. The Hall–Kier alpha value is -1.65. The SMILES string of the molecule is Cc1ncc(C(=O)O)c(O)n1. The van der Waals surface area contributed by atoms with Crippen molar-refractivity contribution in [3.8, 4) is 5.88 Å². The minimum atomic E-state index is -1.23. The Labute approximate surface area is 62.4 Å². The van der Waals surface area contributed by atoms with E-state index in [0.717, 1.165) is 6.20 Å². The molecule has 0 aromatic carbocycles. The molecule has 0 radical (unpaired) electrons. The molecule has 0 amide bonds. The lowest BCUT2D eigenvalue weighted by Crippen LogP contribution is -2.00. The second kappa shape index (κ2) is 2.53. The van der Waals surface area contributed by atoms with Crippen molar-refractivity contribution in [3.05, 3.63) is 17.6 Å². The number of hydrogen-bond acceptors (Lipinski definition) is 4. The lowest BCUT2D eigenvalue weighted by Gasteiger charge is -1.96. The van der Waals surface area contributed by atoms with E-state index in [1.54, 1.807) is 6.92 Å². The van der Waals surface area contributed by atoms with Crippen LogP contribution in [0.2, 0.25) is 0 Å². The maximum Gasteiger partial charge on any atom is 0.342 e. The Kier molecular flexibility index (Phi) is 1.72. The Bertz CT molecular complexity index is 298. The number of aromatic hydroxyl groups is 1. The molecule has 0 saturated heterocycles. The first-order chi connectivity index (χ1) is 5.11. The maximum atomic E-state index is 10.3. The van der Waals surface area contributed by atoms with Crippen LogP contribution in [0.4, 0.5) is 0 Å². The average molecular weight is 154 g/mol. The summed E-state index contributed by atoms with van der Waals surface area (Å²) >= 11 is 0. The van der Waals surface area contributed by atoms with Crippen LogP contribution in [0.3, 0.4) is 0 Å². The van der Waals surface area contributed by atoms with E-state index in [1.807, 2.05) is 0 Å². The zero-order valence-electron chi connectivity index (χ0n) is 5.77. The van der Waals surface area contributed by atoms with Crippen LogP contribution in [0.5, 0.6) is 5.88 Å². The van der Waals surface area contributed by atoms with Gasteiger partial charge in [0.2, 0.25) is 5.88 Å². The van der Waals surface area contributed by atoms with Crippen LogP contribution < -0.4 is 0 Å². The van der Waals surface area contributed by atoms with Gasteiger partial charge in [-0.25, -0.2) is 9.78 Å². The summed E-state index contributed by atoms with van der Waals surface area (Å²) < 4.78 is 0. The third-order valence-electron chi connectivity index (χ3n) is 1.12. The Balaban J connectivity index is 3.20. The van der Waals surface area contributed by atoms with Gasteiger partial charge in [0, 0.05) is 6.20 Å². The summed E-state index contributed by atoms with van der Waals surface area (Å²) in [4.78, 5) is 17.4. The fraction of sp³-hybridized carbons (Fsp3) is 0.167. The van der Waals surface area contributed by atoms with Gasteiger partial charge in [-0.2, -0.15) is 4.98 Å². The van der Waals surface area contributed by atoms with E-state index in [-0.39, 0.29) is 5.56 Å². The summed E-state index contributed by atoms with van der Waals surface area (Å²) in [7, 11) is 0. The second-order valence-corrected chi connectivity index (χ2v) is 1.96.